The summed E-state index contributed by atoms with van der Waals surface area (Å²) >= 11 is 0. The fourth-order valence-electron chi connectivity index (χ4n) is 2.34. The molecule has 0 unspecified atom stereocenters. The fraction of sp³-hybridized carbons (Fsp3) is 0.667. The summed E-state index contributed by atoms with van der Waals surface area (Å²) in [5.41, 5.74) is 0.314. The number of rotatable bonds is 2. The minimum Gasteiger partial charge on any atom is -0.344 e. The van der Waals surface area contributed by atoms with Crippen LogP contribution in [0, 0.1) is 0 Å². The van der Waals surface area contributed by atoms with Gasteiger partial charge in [-0.15, -0.1) is 5.10 Å². The molecule has 0 aromatic carbocycles. The first-order valence-electron chi connectivity index (χ1n) is 6.81. The lowest BCUT2D eigenvalue weighted by Gasteiger charge is -2.26. The van der Waals surface area contributed by atoms with Crippen molar-refractivity contribution in [1.82, 2.24) is 30.1 Å². The number of likely N-dealkylation sites (N-methyl/N-ethyl adjacent to an activating group) is 1. The summed E-state index contributed by atoms with van der Waals surface area (Å²) in [4.78, 5) is 27.4. The number of nitrogens with one attached hydrogen (secondary N) is 1. The molecule has 1 aromatic rings. The maximum Gasteiger partial charge on any atom is 0.276 e. The molecule has 0 spiro atoms. The normalized spacial score (nSPS) is 20.8. The van der Waals surface area contributed by atoms with Crippen molar-refractivity contribution in [1.29, 1.82) is 0 Å². The van der Waals surface area contributed by atoms with Crippen LogP contribution < -0.4 is 5.32 Å². The van der Waals surface area contributed by atoms with E-state index in [4.69, 9.17) is 0 Å². The van der Waals surface area contributed by atoms with E-state index in [0.29, 0.717) is 18.8 Å². The van der Waals surface area contributed by atoms with E-state index in [-0.39, 0.29) is 24.4 Å². The summed E-state index contributed by atoms with van der Waals surface area (Å²) in [6.45, 7) is 3.08. The zero-order valence-corrected chi connectivity index (χ0v) is 11.4. The maximum atomic E-state index is 12.4. The first-order valence-corrected chi connectivity index (χ1v) is 6.81. The van der Waals surface area contributed by atoms with Crippen LogP contribution in [0.2, 0.25) is 0 Å². The van der Waals surface area contributed by atoms with Crippen molar-refractivity contribution in [3.05, 3.63) is 11.9 Å². The van der Waals surface area contributed by atoms with Crippen molar-refractivity contribution in [2.45, 2.75) is 12.5 Å². The second kappa shape index (κ2) is 5.20. The van der Waals surface area contributed by atoms with E-state index < -0.39 is 0 Å². The molecule has 2 fully saturated rings. The first-order chi connectivity index (χ1) is 9.65. The lowest BCUT2D eigenvalue weighted by molar-refractivity contribution is -0.129. The van der Waals surface area contributed by atoms with Crippen LogP contribution in [0.5, 0.6) is 0 Å². The Balaban J connectivity index is 1.71. The smallest absolute Gasteiger partial charge is 0.276 e. The fourth-order valence-corrected chi connectivity index (χ4v) is 2.34. The monoisotopic (exact) mass is 278 g/mol. The van der Waals surface area contributed by atoms with E-state index in [2.05, 4.69) is 15.6 Å². The van der Waals surface area contributed by atoms with Crippen molar-refractivity contribution in [3.63, 3.8) is 0 Å². The molecule has 2 saturated heterocycles. The van der Waals surface area contributed by atoms with Gasteiger partial charge in [0.05, 0.1) is 12.2 Å². The number of hydrogen-bond donors (Lipinski definition) is 1. The highest BCUT2D eigenvalue weighted by atomic mass is 16.2. The van der Waals surface area contributed by atoms with Gasteiger partial charge in [-0.1, -0.05) is 5.21 Å². The van der Waals surface area contributed by atoms with Gasteiger partial charge < -0.3 is 15.1 Å². The molecular formula is C12H18N6O2. The van der Waals surface area contributed by atoms with Gasteiger partial charge in [-0.3, -0.25) is 9.59 Å². The standard InChI is InChI=1S/C12H18N6O2/c1-16-3-2-4-17(8-11(16)19)12(20)10-7-18(15-14-10)9-5-13-6-9/h7,9,13H,2-6,8H2,1H3. The number of carbonyl (C=O) groups is 2. The zero-order valence-electron chi connectivity index (χ0n) is 11.4. The lowest BCUT2D eigenvalue weighted by Crippen LogP contribution is -2.43. The number of nitrogens with zero attached hydrogens (tertiary/aromatic N) is 5. The van der Waals surface area contributed by atoms with Crippen LogP contribution in [0.15, 0.2) is 6.20 Å². The summed E-state index contributed by atoms with van der Waals surface area (Å²) in [7, 11) is 1.76. The second-order valence-corrected chi connectivity index (χ2v) is 5.29. The molecule has 2 aliphatic heterocycles. The Morgan fingerprint density at radius 1 is 1.40 bits per heavy atom. The summed E-state index contributed by atoms with van der Waals surface area (Å²) in [6.07, 6.45) is 2.46. The summed E-state index contributed by atoms with van der Waals surface area (Å²) in [6, 6.07) is 0.279. The van der Waals surface area contributed by atoms with Gasteiger partial charge in [0.25, 0.3) is 5.91 Å². The number of hydrogen-bond acceptors (Lipinski definition) is 5. The third-order valence-corrected chi connectivity index (χ3v) is 3.82. The number of aromatic nitrogens is 3. The molecule has 108 valence electrons. The van der Waals surface area contributed by atoms with Gasteiger partial charge in [-0.25, -0.2) is 4.68 Å². The summed E-state index contributed by atoms with van der Waals surface area (Å²) in [5, 5.41) is 11.1. The molecule has 3 heterocycles. The molecule has 0 saturated carbocycles. The first kappa shape index (κ1) is 13.0. The number of amides is 2. The predicted octanol–water partition coefficient (Wildman–Crippen LogP) is -1.27. The zero-order chi connectivity index (χ0) is 14.1. The Bertz CT molecular complexity index is 524. The van der Waals surface area contributed by atoms with Gasteiger partial charge in [0.2, 0.25) is 5.91 Å². The quantitative estimate of drug-likeness (QED) is 0.729. The Morgan fingerprint density at radius 3 is 2.90 bits per heavy atom. The van der Waals surface area contributed by atoms with Crippen molar-refractivity contribution in [2.24, 2.45) is 0 Å². The third kappa shape index (κ3) is 2.38. The van der Waals surface area contributed by atoms with Gasteiger partial charge in [-0.2, -0.15) is 0 Å². The predicted molar refractivity (Wildman–Crippen MR) is 70.1 cm³/mol. The highest BCUT2D eigenvalue weighted by Crippen LogP contribution is 2.12. The molecule has 1 aromatic heterocycles. The van der Waals surface area contributed by atoms with Crippen LogP contribution in [0.25, 0.3) is 0 Å². The minimum absolute atomic E-state index is 0.0357. The van der Waals surface area contributed by atoms with E-state index in [0.717, 1.165) is 19.5 Å². The highest BCUT2D eigenvalue weighted by Gasteiger charge is 2.27. The van der Waals surface area contributed by atoms with Crippen LogP contribution in [-0.2, 0) is 4.79 Å². The van der Waals surface area contributed by atoms with Crippen molar-refractivity contribution in [2.75, 3.05) is 39.8 Å². The SMILES string of the molecule is CN1CCCN(C(=O)c2cn(C3CNC3)nn2)CC1=O. The average molecular weight is 278 g/mol. The molecule has 8 nitrogen and oxygen atoms in total. The van der Waals surface area contributed by atoms with Crippen LogP contribution in [-0.4, -0.2) is 76.4 Å². The topological polar surface area (TPSA) is 83.4 Å². The Morgan fingerprint density at radius 2 is 2.20 bits per heavy atom. The largest absolute Gasteiger partial charge is 0.344 e. The Labute approximate surface area is 116 Å². The Kier molecular flexibility index (Phi) is 3.39. The molecule has 0 aliphatic carbocycles. The molecule has 8 heteroatoms. The summed E-state index contributed by atoms with van der Waals surface area (Å²) in [5.74, 6) is -0.251. The van der Waals surface area contributed by atoms with Crippen LogP contribution in [0.4, 0.5) is 0 Å². The van der Waals surface area contributed by atoms with E-state index in [1.165, 1.54) is 0 Å². The van der Waals surface area contributed by atoms with E-state index in [1.807, 2.05) is 0 Å². The van der Waals surface area contributed by atoms with Gasteiger partial charge in [0.15, 0.2) is 5.69 Å². The Hall–Kier alpha value is -1.96. The van der Waals surface area contributed by atoms with E-state index >= 15 is 0 Å². The van der Waals surface area contributed by atoms with Gasteiger partial charge in [-0.05, 0) is 6.42 Å². The summed E-state index contributed by atoms with van der Waals surface area (Å²) < 4.78 is 1.72. The maximum absolute atomic E-state index is 12.4. The minimum atomic E-state index is -0.216. The molecule has 2 amide bonds. The van der Waals surface area contributed by atoms with E-state index in [1.54, 1.807) is 27.7 Å². The van der Waals surface area contributed by atoms with Gasteiger partial charge in [0.1, 0.15) is 6.54 Å². The molecule has 0 radical (unpaired) electrons. The van der Waals surface area contributed by atoms with E-state index in [9.17, 15) is 9.59 Å². The van der Waals surface area contributed by atoms with Gasteiger partial charge in [0, 0.05) is 33.2 Å². The molecule has 1 N–H and O–H groups in total. The van der Waals surface area contributed by atoms with Crippen molar-refractivity contribution in [3.8, 4) is 0 Å². The number of carbonyl (C=O) groups excluding carboxylic acids is 2. The van der Waals surface area contributed by atoms with Crippen molar-refractivity contribution >= 4 is 11.8 Å². The van der Waals surface area contributed by atoms with Gasteiger partial charge >= 0.3 is 0 Å². The molecule has 0 bridgehead atoms. The molecular weight excluding hydrogens is 260 g/mol. The van der Waals surface area contributed by atoms with Crippen molar-refractivity contribution < 1.29 is 9.59 Å². The third-order valence-electron chi connectivity index (χ3n) is 3.82. The average Bonchev–Trinajstić information content (AvgIpc) is 2.76. The molecule has 3 rings (SSSR count). The molecule has 20 heavy (non-hydrogen) atoms. The second-order valence-electron chi connectivity index (χ2n) is 5.29. The van der Waals surface area contributed by atoms with Crippen LogP contribution in [0.3, 0.4) is 0 Å². The molecule has 2 aliphatic rings. The molecule has 0 atom stereocenters. The lowest BCUT2D eigenvalue weighted by atomic mass is 10.2. The highest BCUT2D eigenvalue weighted by molar-refractivity contribution is 5.94. The van der Waals surface area contributed by atoms with Crippen LogP contribution in [0.1, 0.15) is 23.0 Å². The van der Waals surface area contributed by atoms with Crippen LogP contribution >= 0.6 is 0 Å².